The largest absolute Gasteiger partial charge is 0.0877 e. The summed E-state index contributed by atoms with van der Waals surface area (Å²) < 4.78 is 0. The van der Waals surface area contributed by atoms with Crippen LogP contribution >= 0.6 is 0 Å². The Hall–Kier alpha value is -1.30. The Morgan fingerprint density at radius 2 is 1.83 bits per heavy atom. The maximum absolute atomic E-state index is 2.12. The standard InChI is InChI=1S/C12H14/c1-3-4-8-11(2)12-9-6-5-7-10-12/h3-10H,1-2H3/b4-3+,11-8-. The van der Waals surface area contributed by atoms with E-state index in [1.165, 1.54) is 11.1 Å². The normalized spacial score (nSPS) is 12.3. The summed E-state index contributed by atoms with van der Waals surface area (Å²) in [5.41, 5.74) is 2.59. The smallest absolute Gasteiger partial charge is 0.0227 e. The van der Waals surface area contributed by atoms with Crippen LogP contribution in [0.5, 0.6) is 0 Å². The fraction of sp³-hybridized carbons (Fsp3) is 0.167. The Labute approximate surface area is 74.2 Å². The van der Waals surface area contributed by atoms with Gasteiger partial charge in [0.1, 0.15) is 0 Å². The molecule has 0 atom stereocenters. The number of hydrogen-bond acceptors (Lipinski definition) is 0. The fourth-order valence-corrected chi connectivity index (χ4v) is 1.04. The molecule has 1 rings (SSSR count). The number of allylic oxidation sites excluding steroid dienone is 4. The van der Waals surface area contributed by atoms with Gasteiger partial charge in [-0.25, -0.2) is 0 Å². The van der Waals surface area contributed by atoms with Gasteiger partial charge in [0.2, 0.25) is 0 Å². The number of hydrogen-bond donors (Lipinski definition) is 0. The quantitative estimate of drug-likeness (QED) is 0.576. The van der Waals surface area contributed by atoms with Crippen molar-refractivity contribution in [1.82, 2.24) is 0 Å². The predicted molar refractivity (Wildman–Crippen MR) is 54.9 cm³/mol. The topological polar surface area (TPSA) is 0 Å². The molecule has 0 aliphatic carbocycles. The van der Waals surface area contributed by atoms with Crippen LogP contribution in [-0.2, 0) is 0 Å². The zero-order valence-corrected chi connectivity index (χ0v) is 7.62. The van der Waals surface area contributed by atoms with E-state index in [-0.39, 0.29) is 0 Å². The number of benzene rings is 1. The lowest BCUT2D eigenvalue weighted by Gasteiger charge is -1.97. The van der Waals surface area contributed by atoms with Crippen molar-refractivity contribution in [1.29, 1.82) is 0 Å². The molecule has 0 saturated heterocycles. The third kappa shape index (κ3) is 2.39. The molecule has 12 heavy (non-hydrogen) atoms. The summed E-state index contributed by atoms with van der Waals surface area (Å²) in [6, 6.07) is 10.4. The zero-order chi connectivity index (χ0) is 8.81. The SMILES string of the molecule is C/C=C/C=C(/C)c1ccccc1. The Balaban J connectivity index is 2.85. The third-order valence-electron chi connectivity index (χ3n) is 1.77. The summed E-state index contributed by atoms with van der Waals surface area (Å²) in [6.45, 7) is 4.14. The molecule has 0 unspecified atom stereocenters. The molecule has 0 heteroatoms. The predicted octanol–water partition coefficient (Wildman–Crippen LogP) is 3.67. The van der Waals surface area contributed by atoms with Crippen LogP contribution in [0.3, 0.4) is 0 Å². The van der Waals surface area contributed by atoms with Gasteiger partial charge in [-0.15, -0.1) is 0 Å². The highest BCUT2D eigenvalue weighted by Gasteiger charge is 1.89. The second-order valence-corrected chi connectivity index (χ2v) is 2.74. The van der Waals surface area contributed by atoms with Crippen molar-refractivity contribution in [2.45, 2.75) is 13.8 Å². The van der Waals surface area contributed by atoms with Crippen LogP contribution in [0.2, 0.25) is 0 Å². The minimum atomic E-state index is 1.29. The van der Waals surface area contributed by atoms with E-state index in [2.05, 4.69) is 43.3 Å². The zero-order valence-electron chi connectivity index (χ0n) is 7.62. The molecule has 0 heterocycles. The van der Waals surface area contributed by atoms with Crippen molar-refractivity contribution in [3.63, 3.8) is 0 Å². The fourth-order valence-electron chi connectivity index (χ4n) is 1.04. The lowest BCUT2D eigenvalue weighted by atomic mass is 10.1. The second-order valence-electron chi connectivity index (χ2n) is 2.74. The van der Waals surface area contributed by atoms with Crippen LogP contribution < -0.4 is 0 Å². The van der Waals surface area contributed by atoms with Gasteiger partial charge in [-0.1, -0.05) is 48.6 Å². The first-order valence-electron chi connectivity index (χ1n) is 4.19. The van der Waals surface area contributed by atoms with Crippen molar-refractivity contribution in [2.75, 3.05) is 0 Å². The number of rotatable bonds is 2. The van der Waals surface area contributed by atoms with Crippen LogP contribution in [0.4, 0.5) is 0 Å². The van der Waals surface area contributed by atoms with E-state index in [0.717, 1.165) is 0 Å². The van der Waals surface area contributed by atoms with Crippen molar-refractivity contribution < 1.29 is 0 Å². The van der Waals surface area contributed by atoms with E-state index in [1.807, 2.05) is 19.1 Å². The Morgan fingerprint density at radius 3 is 2.42 bits per heavy atom. The average Bonchev–Trinajstić information content (AvgIpc) is 2.15. The van der Waals surface area contributed by atoms with Gasteiger partial charge in [-0.05, 0) is 25.0 Å². The Kier molecular flexibility index (Phi) is 3.34. The van der Waals surface area contributed by atoms with E-state index in [0.29, 0.717) is 0 Å². The first-order valence-corrected chi connectivity index (χ1v) is 4.19. The summed E-state index contributed by atoms with van der Waals surface area (Å²) in [6.07, 6.45) is 6.21. The van der Waals surface area contributed by atoms with Gasteiger partial charge in [0.15, 0.2) is 0 Å². The van der Waals surface area contributed by atoms with Gasteiger partial charge >= 0.3 is 0 Å². The molecule has 0 amide bonds. The summed E-state index contributed by atoms with van der Waals surface area (Å²) >= 11 is 0. The molecular weight excluding hydrogens is 144 g/mol. The van der Waals surface area contributed by atoms with Crippen LogP contribution in [0.15, 0.2) is 48.6 Å². The van der Waals surface area contributed by atoms with Crippen LogP contribution in [0.1, 0.15) is 19.4 Å². The summed E-state index contributed by atoms with van der Waals surface area (Å²) in [4.78, 5) is 0. The van der Waals surface area contributed by atoms with E-state index in [4.69, 9.17) is 0 Å². The maximum atomic E-state index is 2.12. The van der Waals surface area contributed by atoms with E-state index >= 15 is 0 Å². The van der Waals surface area contributed by atoms with Crippen LogP contribution in [0, 0.1) is 0 Å². The molecule has 0 N–H and O–H groups in total. The summed E-state index contributed by atoms with van der Waals surface area (Å²) in [5, 5.41) is 0. The lowest BCUT2D eigenvalue weighted by molar-refractivity contribution is 1.56. The van der Waals surface area contributed by atoms with Crippen LogP contribution in [-0.4, -0.2) is 0 Å². The highest BCUT2D eigenvalue weighted by molar-refractivity contribution is 5.64. The Bertz CT molecular complexity index is 278. The molecule has 1 aromatic carbocycles. The highest BCUT2D eigenvalue weighted by Crippen LogP contribution is 2.12. The van der Waals surface area contributed by atoms with E-state index in [9.17, 15) is 0 Å². The van der Waals surface area contributed by atoms with E-state index in [1.54, 1.807) is 0 Å². The summed E-state index contributed by atoms with van der Waals surface area (Å²) in [5.74, 6) is 0. The lowest BCUT2D eigenvalue weighted by Crippen LogP contribution is -1.75. The maximum Gasteiger partial charge on any atom is -0.0227 e. The monoisotopic (exact) mass is 158 g/mol. The van der Waals surface area contributed by atoms with Crippen LogP contribution in [0.25, 0.3) is 5.57 Å². The van der Waals surface area contributed by atoms with Crippen molar-refractivity contribution >= 4 is 5.57 Å². The first kappa shape index (κ1) is 8.79. The Morgan fingerprint density at radius 1 is 1.17 bits per heavy atom. The first-order chi connectivity index (χ1) is 5.84. The molecule has 0 aliphatic rings. The molecule has 0 saturated carbocycles. The van der Waals surface area contributed by atoms with E-state index < -0.39 is 0 Å². The van der Waals surface area contributed by atoms with Gasteiger partial charge in [0.05, 0.1) is 0 Å². The van der Waals surface area contributed by atoms with Gasteiger partial charge in [-0.3, -0.25) is 0 Å². The van der Waals surface area contributed by atoms with Crippen molar-refractivity contribution in [3.05, 3.63) is 54.1 Å². The molecule has 1 aromatic rings. The van der Waals surface area contributed by atoms with Gasteiger partial charge in [0, 0.05) is 0 Å². The minimum Gasteiger partial charge on any atom is -0.0877 e. The van der Waals surface area contributed by atoms with Crippen molar-refractivity contribution in [3.8, 4) is 0 Å². The van der Waals surface area contributed by atoms with Crippen molar-refractivity contribution in [2.24, 2.45) is 0 Å². The molecule has 0 aromatic heterocycles. The molecule has 0 bridgehead atoms. The summed E-state index contributed by atoms with van der Waals surface area (Å²) in [7, 11) is 0. The average molecular weight is 158 g/mol. The highest BCUT2D eigenvalue weighted by atomic mass is 13.9. The van der Waals surface area contributed by atoms with Gasteiger partial charge in [0.25, 0.3) is 0 Å². The second kappa shape index (κ2) is 4.55. The third-order valence-corrected chi connectivity index (χ3v) is 1.77. The molecule has 62 valence electrons. The molecular formula is C12H14. The molecule has 0 aliphatic heterocycles. The van der Waals surface area contributed by atoms with Gasteiger partial charge < -0.3 is 0 Å². The molecule has 0 nitrogen and oxygen atoms in total. The minimum absolute atomic E-state index is 1.29. The van der Waals surface area contributed by atoms with Gasteiger partial charge in [-0.2, -0.15) is 0 Å². The molecule has 0 spiro atoms. The molecule has 0 radical (unpaired) electrons. The molecule has 0 fully saturated rings.